The molecule has 11 aromatic rings. The van der Waals surface area contributed by atoms with Crippen LogP contribution in [-0.4, -0.2) is 152 Å². The third-order valence-electron chi connectivity index (χ3n) is 22.0. The predicted molar refractivity (Wildman–Crippen MR) is 467 cm³/mol. The SMILES string of the molecule is C=S(=O)(N[C@@H](CC)C(F)(F)F)c1ccc(-c2sc(-c3nnc(CC(C)(C)C(=O)O)o3)nc2CC2CC(F)(F)C2)c2ccccc12.C=S(=O)(N[C@@H](CC)C(F)(F)F)c1ccc(-c2sc(-c3nnc(CC(C)(C)C(=O)O)o3)nc2CC2CCC2)c(C(F)F)c1F.C=S(=O)(N[C@@H](CC)C(F)(F)F)c1ccc(-c2sc(-c3nnc(CC(C)(C)C(=O)O)o3)nc2Cc2ccc(F)cc2)c(C(F)F)c1F. The summed E-state index contributed by atoms with van der Waals surface area (Å²) in [4.78, 5) is 47.2. The van der Waals surface area contributed by atoms with Crippen molar-refractivity contribution < 1.29 is 135 Å². The first-order valence-corrected chi connectivity index (χ1v) is 48.5. The molecular formula is C86H88F18N12O12S6. The smallest absolute Gasteiger partial charge is 0.404 e. The number of nitrogens with zero attached hydrogens (tertiary/aromatic N) is 9. The number of rotatable bonds is 35. The standard InChI is InChI=1S/C30H31F5N4O4S2.C29H27F7N4O4S2.C27H30F6N4O4S2/c1-5-22(30(33,34)35)39-45(4,42)21-11-10-19(17-8-6-7-9-18(17)21)24-20(12-16-13-29(31,32)14-16)36-26(44-24)25-38-37-23(43-25)15-28(2,3)27(40)41;1-5-19(29(34,35)36)40-46(4,43)18-11-10-16(21(22(18)31)24(32)33)23-17(12-14-6-8-15(30)9-7-14)37-26(45-23)25-39-38-20(44-25)13-28(2,3)27(41)42;1-5-17(27(31,32)33)37-43(4,40)16-10-9-14(19(20(16)28)22(29)30)21-15(11-13-7-6-8-13)34-24(42-21)23-36-35-18(41-23)12-26(2,3)25(38)39/h6-11,16,22H,4-5,12-15H2,1-3H3,(H,39,42)(H,40,41);6-11,19,24H,4-5,12-13H2,1-3H3,(H,40,43)(H,41,42);9-10,13,17,22H,4-8,11-12H2,1-3H3,(H,37,40)(H,38,39)/t22-,45?;19-,46?;17-,43?/m000/s1. The van der Waals surface area contributed by atoms with E-state index in [0.717, 1.165) is 96.6 Å². The molecule has 0 aliphatic heterocycles. The lowest BCUT2D eigenvalue weighted by atomic mass is 9.78. The molecule has 6 N–H and O–H groups in total. The molecule has 6 atom stereocenters. The van der Waals surface area contributed by atoms with Crippen LogP contribution in [0.4, 0.5) is 79.0 Å². The highest BCUT2D eigenvalue weighted by molar-refractivity contribution is 7.99. The molecule has 2 saturated carbocycles. The molecule has 13 rings (SSSR count). The van der Waals surface area contributed by atoms with Gasteiger partial charge in [0.25, 0.3) is 30.5 Å². The van der Waals surface area contributed by atoms with Crippen molar-refractivity contribution in [2.45, 2.75) is 222 Å². The Hall–Kier alpha value is -10.2. The van der Waals surface area contributed by atoms with Crippen LogP contribution in [0.2, 0.25) is 0 Å². The molecule has 24 nitrogen and oxygen atoms in total. The molecule has 2 fully saturated rings. The Balaban J connectivity index is 0.000000194. The molecule has 2 aliphatic carbocycles. The minimum absolute atomic E-state index is 0.00211. The van der Waals surface area contributed by atoms with Crippen LogP contribution < -0.4 is 14.2 Å². The third-order valence-corrected chi connectivity index (χ3v) is 30.5. The zero-order valence-corrected chi connectivity index (χ0v) is 77.3. The van der Waals surface area contributed by atoms with Crippen LogP contribution in [-0.2, 0) is 82.0 Å². The number of hydrogen-bond acceptors (Lipinski definition) is 21. The van der Waals surface area contributed by atoms with Crippen LogP contribution >= 0.6 is 34.0 Å². The van der Waals surface area contributed by atoms with Crippen molar-refractivity contribution in [1.29, 1.82) is 0 Å². The van der Waals surface area contributed by atoms with E-state index in [0.29, 0.717) is 49.6 Å². The number of alkyl halides is 15. The number of nitrogens with one attached hydrogen (secondary N) is 3. The van der Waals surface area contributed by atoms with E-state index in [2.05, 4.69) is 67.9 Å². The minimum Gasteiger partial charge on any atom is -0.481 e. The number of fused-ring (bicyclic) bond motifs is 1. The lowest BCUT2D eigenvalue weighted by Crippen LogP contribution is -2.45. The average Bonchev–Trinajstić information content (AvgIpc) is 1.48. The lowest BCUT2D eigenvalue weighted by Gasteiger charge is -2.34. The summed E-state index contributed by atoms with van der Waals surface area (Å²) in [6, 6.07) is 12.1. The van der Waals surface area contributed by atoms with Gasteiger partial charge in [-0.1, -0.05) is 94.6 Å². The second-order valence-electron chi connectivity index (χ2n) is 33.9. The number of halogens is 18. The minimum atomic E-state index is -4.87. The van der Waals surface area contributed by atoms with Crippen molar-refractivity contribution in [1.82, 2.24) is 59.7 Å². The average molecular weight is 2020 g/mol. The number of carboxylic acid groups (broad SMARTS) is 3. The molecule has 726 valence electrons. The first kappa shape index (κ1) is 104. The van der Waals surface area contributed by atoms with Crippen LogP contribution in [0.5, 0.6) is 0 Å². The summed E-state index contributed by atoms with van der Waals surface area (Å²) in [7, 11) is -12.1. The van der Waals surface area contributed by atoms with Gasteiger partial charge in [0.05, 0.1) is 103 Å². The topological polar surface area (TPSA) is 355 Å². The molecule has 0 saturated heterocycles. The molecule has 2 aliphatic rings. The molecule has 0 amide bonds. The molecule has 6 aromatic heterocycles. The van der Waals surface area contributed by atoms with Crippen LogP contribution in [0, 0.1) is 45.5 Å². The van der Waals surface area contributed by atoms with Gasteiger partial charge in [0.1, 0.15) is 35.6 Å². The highest BCUT2D eigenvalue weighted by Crippen LogP contribution is 2.50. The van der Waals surface area contributed by atoms with Gasteiger partial charge >= 0.3 is 36.4 Å². The molecule has 0 spiro atoms. The summed E-state index contributed by atoms with van der Waals surface area (Å²) in [5, 5.41) is 53.3. The van der Waals surface area contributed by atoms with E-state index in [1.54, 1.807) is 39.8 Å². The quantitative estimate of drug-likeness (QED) is 0.0159. The highest BCUT2D eigenvalue weighted by atomic mass is 32.2. The second kappa shape index (κ2) is 40.2. The van der Waals surface area contributed by atoms with Crippen LogP contribution in [0.15, 0.2) is 113 Å². The summed E-state index contributed by atoms with van der Waals surface area (Å²) in [6.45, 7) is 12.5. The van der Waals surface area contributed by atoms with Gasteiger partial charge in [-0.2, -0.15) is 39.5 Å². The number of benzene rings is 5. The normalized spacial score (nSPS) is 16.2. The van der Waals surface area contributed by atoms with Gasteiger partial charge < -0.3 is 28.6 Å². The van der Waals surface area contributed by atoms with E-state index in [9.17, 15) is 113 Å². The van der Waals surface area contributed by atoms with E-state index >= 15 is 8.78 Å². The van der Waals surface area contributed by atoms with Gasteiger partial charge in [-0.15, -0.1) is 64.6 Å². The van der Waals surface area contributed by atoms with E-state index in [1.807, 2.05) is 0 Å². The molecular weight excluding hydrogens is 1930 g/mol. The van der Waals surface area contributed by atoms with Crippen molar-refractivity contribution in [3.05, 3.63) is 154 Å². The summed E-state index contributed by atoms with van der Waals surface area (Å²) in [5.74, 6) is -0.122. The van der Waals surface area contributed by atoms with E-state index in [1.165, 1.54) is 73.6 Å². The summed E-state index contributed by atoms with van der Waals surface area (Å²) in [5.41, 5.74) is -4.65. The van der Waals surface area contributed by atoms with Crippen molar-refractivity contribution in [3.63, 3.8) is 0 Å². The molecule has 48 heteroatoms. The largest absolute Gasteiger partial charge is 0.481 e. The van der Waals surface area contributed by atoms with Gasteiger partial charge in [-0.05, 0) is 150 Å². The Labute approximate surface area is 767 Å². The summed E-state index contributed by atoms with van der Waals surface area (Å²) >= 11 is 2.79. The third kappa shape index (κ3) is 24.2. The van der Waals surface area contributed by atoms with Gasteiger partial charge in [-0.3, -0.25) is 14.4 Å². The maximum atomic E-state index is 15.8. The maximum absolute atomic E-state index is 15.8. The Morgan fingerprint density at radius 3 is 1.13 bits per heavy atom. The molecule has 0 bridgehead atoms. The summed E-state index contributed by atoms with van der Waals surface area (Å²) in [6.07, 6.45) is -20.3. The van der Waals surface area contributed by atoms with Gasteiger partial charge in [-0.25, -0.2) is 81.3 Å². The van der Waals surface area contributed by atoms with Crippen molar-refractivity contribution in [2.75, 3.05) is 0 Å². The van der Waals surface area contributed by atoms with E-state index in [-0.39, 0.29) is 134 Å². The number of aliphatic carboxylic acids is 3. The molecule has 6 heterocycles. The fraction of sp³-hybridized carbons (Fsp3) is 0.430. The zero-order valence-electron chi connectivity index (χ0n) is 72.4. The Kier molecular flexibility index (Phi) is 31.3. The number of carboxylic acids is 3. The number of hydrogen-bond donors (Lipinski definition) is 6. The lowest BCUT2D eigenvalue weighted by molar-refractivity contribution is -0.152. The Bertz CT molecular complexity index is 6500. The molecule has 3 unspecified atom stereocenters. The number of thiazole rings is 3. The fourth-order valence-corrected chi connectivity index (χ4v) is 22.2. The molecule has 0 radical (unpaired) electrons. The van der Waals surface area contributed by atoms with Gasteiger partial charge in [0.2, 0.25) is 23.6 Å². The van der Waals surface area contributed by atoms with Crippen LogP contribution in [0.1, 0.15) is 178 Å². The zero-order chi connectivity index (χ0) is 99.0. The van der Waals surface area contributed by atoms with Gasteiger partial charge in [0.15, 0.2) is 15.0 Å². The Morgan fingerprint density at radius 1 is 0.470 bits per heavy atom. The molecule has 134 heavy (non-hydrogen) atoms. The predicted octanol–water partition coefficient (Wildman–Crippen LogP) is 21.3. The van der Waals surface area contributed by atoms with Crippen LogP contribution in [0.3, 0.4) is 0 Å². The van der Waals surface area contributed by atoms with E-state index < -0.39 is 175 Å². The van der Waals surface area contributed by atoms with E-state index in [4.69, 9.17) is 13.3 Å². The maximum Gasteiger partial charge on any atom is 0.404 e. The summed E-state index contributed by atoms with van der Waals surface area (Å²) < 4.78 is 314. The van der Waals surface area contributed by atoms with Crippen molar-refractivity contribution in [2.24, 2.45) is 28.1 Å². The van der Waals surface area contributed by atoms with Crippen molar-refractivity contribution >= 4 is 109 Å². The van der Waals surface area contributed by atoms with Crippen LogP contribution in [0.25, 0.3) is 74.8 Å². The highest BCUT2D eigenvalue weighted by Gasteiger charge is 2.48. The first-order valence-electron chi connectivity index (χ1n) is 40.9. The number of carbonyl (C=O) groups is 3. The first-order chi connectivity index (χ1) is 62.2. The second-order valence-corrected chi connectivity index (χ2v) is 43.0. The monoisotopic (exact) mass is 2010 g/mol. The fourth-order valence-electron chi connectivity index (χ4n) is 14.2. The van der Waals surface area contributed by atoms with Gasteiger partial charge in [0, 0.05) is 55.2 Å². The Morgan fingerprint density at radius 2 is 0.799 bits per heavy atom. The van der Waals surface area contributed by atoms with Crippen molar-refractivity contribution in [3.8, 4) is 64.0 Å². The molecule has 5 aromatic carbocycles. The number of aromatic nitrogens is 9.